The average Bonchev–Trinajstić information content (AvgIpc) is 3.14. The SMILES string of the molecule is CCc1ccc(NC(=O)c2nnc3c(-c4ccc(Br)cc4)cnn3c2C)cc1. The smallest absolute Gasteiger partial charge is 0.278 e. The van der Waals surface area contributed by atoms with Crippen molar-refractivity contribution in [3.8, 4) is 11.1 Å². The molecule has 0 saturated carbocycles. The molecular weight excluding hydrogens is 418 g/mol. The molecule has 0 unspecified atom stereocenters. The Morgan fingerprint density at radius 1 is 1.07 bits per heavy atom. The fourth-order valence-corrected chi connectivity index (χ4v) is 3.27. The highest BCUT2D eigenvalue weighted by molar-refractivity contribution is 9.10. The number of rotatable bonds is 4. The number of aryl methyl sites for hydroxylation is 2. The van der Waals surface area contributed by atoms with Gasteiger partial charge in [-0.1, -0.05) is 47.1 Å². The zero-order valence-corrected chi connectivity index (χ0v) is 17.1. The van der Waals surface area contributed by atoms with Crippen LogP contribution in [0.25, 0.3) is 16.8 Å². The zero-order chi connectivity index (χ0) is 19.7. The summed E-state index contributed by atoms with van der Waals surface area (Å²) in [5, 5.41) is 15.7. The molecule has 6 nitrogen and oxygen atoms in total. The van der Waals surface area contributed by atoms with Crippen LogP contribution in [0.3, 0.4) is 0 Å². The van der Waals surface area contributed by atoms with Gasteiger partial charge in [-0.3, -0.25) is 4.79 Å². The van der Waals surface area contributed by atoms with Gasteiger partial charge in [0.2, 0.25) is 0 Å². The second kappa shape index (κ2) is 7.52. The summed E-state index contributed by atoms with van der Waals surface area (Å²) in [6.07, 6.45) is 2.70. The zero-order valence-electron chi connectivity index (χ0n) is 15.5. The standard InChI is InChI=1S/C21H18BrN5O/c1-3-14-4-10-17(11-5-14)24-21(28)19-13(2)27-20(26-25-19)18(12-23-27)15-6-8-16(22)9-7-15/h4-12H,3H2,1-2H3,(H,24,28). The molecule has 0 spiro atoms. The largest absolute Gasteiger partial charge is 0.321 e. The molecule has 0 aliphatic heterocycles. The normalized spacial score (nSPS) is 11.0. The molecule has 0 radical (unpaired) electrons. The number of benzene rings is 2. The number of carbonyl (C=O) groups excluding carboxylic acids is 1. The third-order valence-electron chi connectivity index (χ3n) is 4.64. The molecule has 0 aliphatic rings. The van der Waals surface area contributed by atoms with Gasteiger partial charge in [0, 0.05) is 15.7 Å². The molecule has 28 heavy (non-hydrogen) atoms. The van der Waals surface area contributed by atoms with Crippen molar-refractivity contribution in [1.82, 2.24) is 19.8 Å². The number of hydrogen-bond donors (Lipinski definition) is 1. The Bertz CT molecular complexity index is 1150. The highest BCUT2D eigenvalue weighted by atomic mass is 79.9. The van der Waals surface area contributed by atoms with Gasteiger partial charge in [-0.05, 0) is 48.7 Å². The number of nitrogens with zero attached hydrogens (tertiary/aromatic N) is 4. The molecule has 1 amide bonds. The molecule has 1 N–H and O–H groups in total. The van der Waals surface area contributed by atoms with Crippen LogP contribution < -0.4 is 5.32 Å². The van der Waals surface area contributed by atoms with Crippen LogP contribution in [-0.2, 0) is 6.42 Å². The summed E-state index contributed by atoms with van der Waals surface area (Å²) >= 11 is 3.44. The highest BCUT2D eigenvalue weighted by Crippen LogP contribution is 2.25. The van der Waals surface area contributed by atoms with E-state index in [1.54, 1.807) is 10.7 Å². The molecule has 2 aromatic carbocycles. The lowest BCUT2D eigenvalue weighted by atomic mass is 10.1. The maximum absolute atomic E-state index is 12.7. The van der Waals surface area contributed by atoms with E-state index in [9.17, 15) is 4.79 Å². The summed E-state index contributed by atoms with van der Waals surface area (Å²) in [4.78, 5) is 12.7. The van der Waals surface area contributed by atoms with Gasteiger partial charge in [-0.2, -0.15) is 5.10 Å². The summed E-state index contributed by atoms with van der Waals surface area (Å²) in [5.74, 6) is -0.308. The summed E-state index contributed by atoms with van der Waals surface area (Å²) in [7, 11) is 0. The van der Waals surface area contributed by atoms with E-state index in [1.807, 2.05) is 55.5 Å². The maximum atomic E-state index is 12.7. The van der Waals surface area contributed by atoms with E-state index in [-0.39, 0.29) is 11.6 Å². The molecule has 2 heterocycles. The van der Waals surface area contributed by atoms with Crippen LogP contribution in [0.1, 0.15) is 28.7 Å². The minimum Gasteiger partial charge on any atom is -0.321 e. The topological polar surface area (TPSA) is 72.2 Å². The fourth-order valence-electron chi connectivity index (χ4n) is 3.01. The van der Waals surface area contributed by atoms with E-state index >= 15 is 0 Å². The Hall–Kier alpha value is -3.06. The second-order valence-electron chi connectivity index (χ2n) is 6.44. The molecule has 140 valence electrons. The first-order valence-corrected chi connectivity index (χ1v) is 9.73. The van der Waals surface area contributed by atoms with Crippen LogP contribution in [-0.4, -0.2) is 25.7 Å². The fraction of sp³-hybridized carbons (Fsp3) is 0.143. The predicted octanol–water partition coefficient (Wildman–Crippen LogP) is 4.68. The lowest BCUT2D eigenvalue weighted by molar-refractivity contribution is 0.102. The average molecular weight is 436 g/mol. The number of amides is 1. The van der Waals surface area contributed by atoms with E-state index in [0.29, 0.717) is 11.3 Å². The van der Waals surface area contributed by atoms with Crippen LogP contribution in [0.5, 0.6) is 0 Å². The number of aromatic nitrogens is 4. The number of nitrogens with one attached hydrogen (secondary N) is 1. The molecule has 4 aromatic rings. The molecular formula is C21H18BrN5O. The Morgan fingerprint density at radius 2 is 1.79 bits per heavy atom. The molecule has 7 heteroatoms. The van der Waals surface area contributed by atoms with Gasteiger partial charge in [0.15, 0.2) is 11.3 Å². The third-order valence-corrected chi connectivity index (χ3v) is 5.17. The van der Waals surface area contributed by atoms with Gasteiger partial charge in [-0.15, -0.1) is 10.2 Å². The Morgan fingerprint density at radius 3 is 2.46 bits per heavy atom. The summed E-state index contributed by atoms with van der Waals surface area (Å²) in [6, 6.07) is 15.7. The van der Waals surface area contributed by atoms with Gasteiger partial charge in [0.05, 0.1) is 11.9 Å². The van der Waals surface area contributed by atoms with Crippen molar-refractivity contribution >= 4 is 33.2 Å². The molecule has 4 rings (SSSR count). The predicted molar refractivity (Wildman–Crippen MR) is 112 cm³/mol. The van der Waals surface area contributed by atoms with Gasteiger partial charge in [-0.25, -0.2) is 4.52 Å². The van der Waals surface area contributed by atoms with Crippen LogP contribution in [0.4, 0.5) is 5.69 Å². The highest BCUT2D eigenvalue weighted by Gasteiger charge is 2.18. The quantitative estimate of drug-likeness (QED) is 0.505. The lowest BCUT2D eigenvalue weighted by Crippen LogP contribution is -2.18. The van der Waals surface area contributed by atoms with Gasteiger partial charge in [0.25, 0.3) is 5.91 Å². The molecule has 0 atom stereocenters. The van der Waals surface area contributed by atoms with Crippen LogP contribution >= 0.6 is 15.9 Å². The molecule has 0 aliphatic carbocycles. The first-order valence-electron chi connectivity index (χ1n) is 8.94. The molecule has 0 saturated heterocycles. The Balaban J connectivity index is 1.66. The van der Waals surface area contributed by atoms with Crippen LogP contribution in [0.2, 0.25) is 0 Å². The van der Waals surface area contributed by atoms with E-state index in [0.717, 1.165) is 27.7 Å². The van der Waals surface area contributed by atoms with E-state index in [2.05, 4.69) is 43.5 Å². The minimum atomic E-state index is -0.308. The maximum Gasteiger partial charge on any atom is 0.278 e. The lowest BCUT2D eigenvalue weighted by Gasteiger charge is -2.08. The van der Waals surface area contributed by atoms with Crippen molar-refractivity contribution in [1.29, 1.82) is 0 Å². The second-order valence-corrected chi connectivity index (χ2v) is 7.35. The van der Waals surface area contributed by atoms with Crippen molar-refractivity contribution in [2.24, 2.45) is 0 Å². The van der Waals surface area contributed by atoms with Crippen molar-refractivity contribution in [2.75, 3.05) is 5.32 Å². The summed E-state index contributed by atoms with van der Waals surface area (Å²) in [6.45, 7) is 3.91. The van der Waals surface area contributed by atoms with Gasteiger partial charge in [0.1, 0.15) is 0 Å². The van der Waals surface area contributed by atoms with Crippen molar-refractivity contribution < 1.29 is 4.79 Å². The van der Waals surface area contributed by atoms with E-state index in [1.165, 1.54) is 5.56 Å². The number of fused-ring (bicyclic) bond motifs is 1. The van der Waals surface area contributed by atoms with E-state index < -0.39 is 0 Å². The Kier molecular flexibility index (Phi) is 4.92. The molecule has 0 fully saturated rings. The van der Waals surface area contributed by atoms with Gasteiger partial charge < -0.3 is 5.32 Å². The van der Waals surface area contributed by atoms with E-state index in [4.69, 9.17) is 0 Å². The van der Waals surface area contributed by atoms with Crippen molar-refractivity contribution in [3.63, 3.8) is 0 Å². The minimum absolute atomic E-state index is 0.248. The third kappa shape index (κ3) is 3.41. The van der Waals surface area contributed by atoms with Gasteiger partial charge >= 0.3 is 0 Å². The summed E-state index contributed by atoms with van der Waals surface area (Å²) < 4.78 is 2.65. The van der Waals surface area contributed by atoms with Crippen molar-refractivity contribution in [3.05, 3.63) is 76.2 Å². The molecule has 0 bridgehead atoms. The Labute approximate surface area is 170 Å². The number of hydrogen-bond acceptors (Lipinski definition) is 4. The monoisotopic (exact) mass is 435 g/mol. The van der Waals surface area contributed by atoms with Crippen LogP contribution in [0, 0.1) is 6.92 Å². The molecule has 2 aromatic heterocycles. The number of carbonyl (C=O) groups is 1. The summed E-state index contributed by atoms with van der Waals surface area (Å²) in [5.41, 5.74) is 5.29. The number of halogens is 1. The van der Waals surface area contributed by atoms with Crippen LogP contribution in [0.15, 0.2) is 59.2 Å². The number of anilines is 1. The first kappa shape index (κ1) is 18.3. The first-order chi connectivity index (χ1) is 13.6. The van der Waals surface area contributed by atoms with Crippen molar-refractivity contribution in [2.45, 2.75) is 20.3 Å².